The van der Waals surface area contributed by atoms with E-state index in [1.165, 1.54) is 16.1 Å². The van der Waals surface area contributed by atoms with E-state index in [0.29, 0.717) is 5.96 Å². The topological polar surface area (TPSA) is 74.5 Å². The van der Waals surface area contributed by atoms with Gasteiger partial charge >= 0.3 is 0 Å². The number of aliphatic imine (C=N–C) groups is 1. The Morgan fingerprint density at radius 2 is 2.14 bits per heavy atom. The van der Waals surface area contributed by atoms with Gasteiger partial charge in [-0.3, -0.25) is 9.48 Å². The summed E-state index contributed by atoms with van der Waals surface area (Å²) in [6, 6.07) is 4.34. The summed E-state index contributed by atoms with van der Waals surface area (Å²) in [5.41, 5.74) is 3.49. The molecule has 28 heavy (non-hydrogen) atoms. The zero-order valence-electron chi connectivity index (χ0n) is 17.7. The van der Waals surface area contributed by atoms with E-state index in [2.05, 4.69) is 52.1 Å². The maximum Gasteiger partial charge on any atom is 0.243 e. The van der Waals surface area contributed by atoms with Crippen molar-refractivity contribution in [2.75, 3.05) is 27.2 Å². The molecule has 0 spiro atoms. The molecule has 0 aliphatic carbocycles. The van der Waals surface area contributed by atoms with E-state index in [0.717, 1.165) is 25.1 Å². The van der Waals surface area contributed by atoms with Crippen LogP contribution in [0.25, 0.3) is 0 Å². The molecule has 0 aromatic carbocycles. The molecule has 154 valence electrons. The van der Waals surface area contributed by atoms with Gasteiger partial charge in [-0.15, -0.1) is 11.3 Å². The van der Waals surface area contributed by atoms with Gasteiger partial charge in [-0.25, -0.2) is 4.99 Å². The molecule has 0 radical (unpaired) electrons. The second-order valence-corrected chi connectivity index (χ2v) is 8.26. The third kappa shape index (κ3) is 6.37. The van der Waals surface area contributed by atoms with Gasteiger partial charge in [0.1, 0.15) is 6.54 Å². The Hall–Kier alpha value is -2.35. The predicted molar refractivity (Wildman–Crippen MR) is 116 cm³/mol. The Balaban J connectivity index is 1.99. The fourth-order valence-corrected chi connectivity index (χ4v) is 3.61. The van der Waals surface area contributed by atoms with Crippen LogP contribution < -0.4 is 10.6 Å². The van der Waals surface area contributed by atoms with Gasteiger partial charge in [0.15, 0.2) is 5.96 Å². The molecule has 8 heteroatoms. The minimum Gasteiger partial charge on any atom is -0.356 e. The second-order valence-electron chi connectivity index (χ2n) is 7.23. The van der Waals surface area contributed by atoms with E-state index in [-0.39, 0.29) is 18.5 Å². The number of likely N-dealkylation sites (N-methyl/N-ethyl adjacent to an activating group) is 1. The summed E-state index contributed by atoms with van der Waals surface area (Å²) in [4.78, 5) is 19.3. The van der Waals surface area contributed by atoms with Crippen LogP contribution in [-0.4, -0.2) is 59.8 Å². The fraction of sp³-hybridized carbons (Fsp3) is 0.550. The van der Waals surface area contributed by atoms with Crippen LogP contribution in [0.4, 0.5) is 0 Å². The average molecular weight is 405 g/mol. The van der Waals surface area contributed by atoms with Crippen molar-refractivity contribution in [2.45, 2.75) is 39.7 Å². The van der Waals surface area contributed by atoms with E-state index in [1.807, 2.05) is 18.7 Å². The van der Waals surface area contributed by atoms with E-state index in [1.54, 1.807) is 30.3 Å². The Labute approximate surface area is 171 Å². The molecule has 2 N–H and O–H groups in total. The lowest BCUT2D eigenvalue weighted by molar-refractivity contribution is -0.127. The van der Waals surface area contributed by atoms with Crippen molar-refractivity contribution in [2.24, 2.45) is 12.0 Å². The van der Waals surface area contributed by atoms with Crippen molar-refractivity contribution in [1.82, 2.24) is 25.3 Å². The SMILES string of the molecule is Cc1nn(C)c(C)c1CC(C)NC(=NCC(=O)N(C)C)NCCc1cccs1. The number of hydrogen-bond donors (Lipinski definition) is 2. The first-order chi connectivity index (χ1) is 13.3. The molecule has 7 nitrogen and oxygen atoms in total. The highest BCUT2D eigenvalue weighted by Crippen LogP contribution is 2.14. The van der Waals surface area contributed by atoms with Crippen molar-refractivity contribution in [3.8, 4) is 0 Å². The van der Waals surface area contributed by atoms with Crippen LogP contribution in [0, 0.1) is 13.8 Å². The normalized spacial score (nSPS) is 12.7. The Kier molecular flexibility index (Phi) is 8.04. The van der Waals surface area contributed by atoms with Crippen molar-refractivity contribution in [1.29, 1.82) is 0 Å². The van der Waals surface area contributed by atoms with Crippen molar-refractivity contribution in [3.05, 3.63) is 39.3 Å². The van der Waals surface area contributed by atoms with Gasteiger partial charge in [-0.05, 0) is 50.6 Å². The molecular formula is C20H32N6OS. The summed E-state index contributed by atoms with van der Waals surface area (Å²) in [6.07, 6.45) is 1.77. The fourth-order valence-electron chi connectivity index (χ4n) is 2.90. The maximum atomic E-state index is 11.9. The Bertz CT molecular complexity index is 794. The summed E-state index contributed by atoms with van der Waals surface area (Å²) in [6.45, 7) is 7.14. The number of nitrogens with zero attached hydrogens (tertiary/aromatic N) is 4. The number of aryl methyl sites for hydroxylation is 2. The van der Waals surface area contributed by atoms with Gasteiger partial charge in [-0.2, -0.15) is 5.10 Å². The number of guanidine groups is 1. The second kappa shape index (κ2) is 10.3. The summed E-state index contributed by atoms with van der Waals surface area (Å²) < 4.78 is 1.92. The van der Waals surface area contributed by atoms with Crippen LogP contribution in [0.3, 0.4) is 0 Å². The van der Waals surface area contributed by atoms with E-state index >= 15 is 0 Å². The van der Waals surface area contributed by atoms with Gasteiger partial charge in [0.2, 0.25) is 5.91 Å². The summed E-state index contributed by atoms with van der Waals surface area (Å²) in [7, 11) is 5.45. The molecule has 0 aliphatic heterocycles. The predicted octanol–water partition coefficient (Wildman–Crippen LogP) is 1.90. The lowest BCUT2D eigenvalue weighted by atomic mass is 10.1. The van der Waals surface area contributed by atoms with Gasteiger partial charge in [0.05, 0.1) is 5.69 Å². The molecule has 1 unspecified atom stereocenters. The zero-order chi connectivity index (χ0) is 20.7. The third-order valence-electron chi connectivity index (χ3n) is 4.67. The highest BCUT2D eigenvalue weighted by molar-refractivity contribution is 7.09. The number of nitrogens with one attached hydrogen (secondary N) is 2. The number of amides is 1. The number of carbonyl (C=O) groups excluding carboxylic acids is 1. The Morgan fingerprint density at radius 3 is 2.71 bits per heavy atom. The van der Waals surface area contributed by atoms with Gasteiger partial charge < -0.3 is 15.5 Å². The molecule has 0 bridgehead atoms. The molecule has 2 heterocycles. The molecule has 0 saturated carbocycles. The molecule has 0 saturated heterocycles. The number of thiophene rings is 1. The van der Waals surface area contributed by atoms with Gasteiger partial charge in [0, 0.05) is 44.3 Å². The zero-order valence-corrected chi connectivity index (χ0v) is 18.6. The number of rotatable bonds is 8. The van der Waals surface area contributed by atoms with Crippen LogP contribution in [0.15, 0.2) is 22.5 Å². The third-order valence-corrected chi connectivity index (χ3v) is 5.60. The largest absolute Gasteiger partial charge is 0.356 e. The van der Waals surface area contributed by atoms with E-state index < -0.39 is 0 Å². The minimum absolute atomic E-state index is 0.0223. The van der Waals surface area contributed by atoms with Crippen LogP contribution in [0.1, 0.15) is 28.8 Å². The lowest BCUT2D eigenvalue weighted by Gasteiger charge is -2.19. The summed E-state index contributed by atoms with van der Waals surface area (Å²) in [5, 5.41) is 13.4. The molecule has 2 aromatic rings. The van der Waals surface area contributed by atoms with E-state index in [4.69, 9.17) is 0 Å². The molecule has 2 aromatic heterocycles. The lowest BCUT2D eigenvalue weighted by Crippen LogP contribution is -2.44. The minimum atomic E-state index is -0.0223. The quantitative estimate of drug-likeness (QED) is 0.521. The molecule has 1 amide bonds. The molecule has 0 fully saturated rings. The standard InChI is InChI=1S/C20H32N6OS/c1-14(12-18-15(2)24-26(6)16(18)3)23-20(22-13-19(27)25(4)5)21-10-9-17-8-7-11-28-17/h7-8,11,14H,9-10,12-13H2,1-6H3,(H2,21,22,23). The summed E-state index contributed by atoms with van der Waals surface area (Å²) in [5.74, 6) is 0.643. The van der Waals surface area contributed by atoms with Crippen molar-refractivity contribution < 1.29 is 4.79 Å². The number of aromatic nitrogens is 2. The smallest absolute Gasteiger partial charge is 0.243 e. The van der Waals surface area contributed by atoms with Crippen LogP contribution in [0.2, 0.25) is 0 Å². The molecular weight excluding hydrogens is 372 g/mol. The first-order valence-corrected chi connectivity index (χ1v) is 10.4. The molecule has 0 aliphatic rings. The first-order valence-electron chi connectivity index (χ1n) is 9.54. The highest BCUT2D eigenvalue weighted by atomic mass is 32.1. The van der Waals surface area contributed by atoms with Gasteiger partial charge in [-0.1, -0.05) is 6.07 Å². The van der Waals surface area contributed by atoms with E-state index in [9.17, 15) is 4.79 Å². The Morgan fingerprint density at radius 1 is 1.39 bits per heavy atom. The van der Waals surface area contributed by atoms with Crippen LogP contribution >= 0.6 is 11.3 Å². The monoisotopic (exact) mass is 404 g/mol. The highest BCUT2D eigenvalue weighted by Gasteiger charge is 2.14. The molecule has 2 rings (SSSR count). The number of hydrogen-bond acceptors (Lipinski definition) is 4. The first kappa shape index (κ1) is 21.9. The van der Waals surface area contributed by atoms with Crippen molar-refractivity contribution >= 4 is 23.2 Å². The maximum absolute atomic E-state index is 11.9. The average Bonchev–Trinajstić information content (AvgIpc) is 3.23. The van der Waals surface area contributed by atoms with Crippen LogP contribution in [0.5, 0.6) is 0 Å². The van der Waals surface area contributed by atoms with Crippen molar-refractivity contribution in [3.63, 3.8) is 0 Å². The summed E-state index contributed by atoms with van der Waals surface area (Å²) >= 11 is 1.75. The molecule has 1 atom stereocenters. The van der Waals surface area contributed by atoms with Crippen LogP contribution in [-0.2, 0) is 24.7 Å². The number of carbonyl (C=O) groups is 1. The van der Waals surface area contributed by atoms with Gasteiger partial charge in [0.25, 0.3) is 0 Å².